The largest absolute Gasteiger partial charge is 0.464 e. The highest BCUT2D eigenvalue weighted by Crippen LogP contribution is 2.32. The summed E-state index contributed by atoms with van der Waals surface area (Å²) >= 11 is 0. The normalized spacial score (nSPS) is 14.7. The summed E-state index contributed by atoms with van der Waals surface area (Å²) < 4.78 is 43.8. The molecular weight excluding hydrogens is 535 g/mol. The fraction of sp³-hybridized carbons (Fsp3) is 0.323. The number of carbonyl (C=O) groups is 3. The molecule has 3 aromatic carbocycles. The van der Waals surface area contributed by atoms with Gasteiger partial charge in [0.2, 0.25) is 5.91 Å². The van der Waals surface area contributed by atoms with Crippen LogP contribution in [0.15, 0.2) is 72.8 Å². The first-order valence-corrected chi connectivity index (χ1v) is 13.5. The maximum atomic E-state index is 13.1. The van der Waals surface area contributed by atoms with Crippen molar-refractivity contribution in [1.82, 2.24) is 5.32 Å². The fourth-order valence-electron chi connectivity index (χ4n) is 4.78. The van der Waals surface area contributed by atoms with Crippen molar-refractivity contribution < 1.29 is 32.3 Å². The summed E-state index contributed by atoms with van der Waals surface area (Å²) in [6.45, 7) is 4.92. The molecule has 0 radical (unpaired) electrons. The number of nitrogens with one attached hydrogen (secondary N) is 2. The molecule has 10 heteroatoms. The highest BCUT2D eigenvalue weighted by atomic mass is 19.4. The monoisotopic (exact) mass is 567 g/mol. The molecule has 41 heavy (non-hydrogen) atoms. The van der Waals surface area contributed by atoms with Crippen LogP contribution in [0.25, 0.3) is 11.1 Å². The zero-order chi connectivity index (χ0) is 29.6. The summed E-state index contributed by atoms with van der Waals surface area (Å²) in [7, 11) is 0. The third-order valence-corrected chi connectivity index (χ3v) is 7.05. The molecule has 3 aromatic rings. The predicted molar refractivity (Wildman–Crippen MR) is 150 cm³/mol. The number of halogens is 3. The van der Waals surface area contributed by atoms with Gasteiger partial charge in [0.15, 0.2) is 0 Å². The number of amides is 2. The number of nitrogens with zero attached hydrogens (tertiary/aromatic N) is 1. The van der Waals surface area contributed by atoms with E-state index >= 15 is 0 Å². The van der Waals surface area contributed by atoms with Gasteiger partial charge in [-0.15, -0.1) is 0 Å². The van der Waals surface area contributed by atoms with E-state index in [9.17, 15) is 27.6 Å². The van der Waals surface area contributed by atoms with Gasteiger partial charge in [0.05, 0.1) is 12.2 Å². The number of hydrogen-bond donors (Lipinski definition) is 2. The number of esters is 1. The third-order valence-electron chi connectivity index (χ3n) is 7.05. The van der Waals surface area contributed by atoms with Crippen molar-refractivity contribution in [3.63, 3.8) is 0 Å². The Kier molecular flexibility index (Phi) is 9.31. The number of rotatable bonds is 8. The molecule has 1 saturated heterocycles. The van der Waals surface area contributed by atoms with Crippen molar-refractivity contribution in [3.8, 4) is 11.1 Å². The van der Waals surface area contributed by atoms with Crippen LogP contribution in [-0.4, -0.2) is 43.5 Å². The molecule has 2 amide bonds. The summed E-state index contributed by atoms with van der Waals surface area (Å²) in [6.07, 6.45) is -3.16. The number of hydrogen-bond acceptors (Lipinski definition) is 5. The molecule has 7 nitrogen and oxygen atoms in total. The van der Waals surface area contributed by atoms with Crippen molar-refractivity contribution in [2.75, 3.05) is 29.9 Å². The summed E-state index contributed by atoms with van der Waals surface area (Å²) in [4.78, 5) is 39.6. The number of benzene rings is 3. The number of piperidine rings is 1. The Balaban J connectivity index is 1.35. The minimum atomic E-state index is -4.43. The summed E-state index contributed by atoms with van der Waals surface area (Å²) in [5.74, 6) is -1.17. The van der Waals surface area contributed by atoms with Crippen LogP contribution in [-0.2, 0) is 20.5 Å². The lowest BCUT2D eigenvalue weighted by molar-refractivity contribution is -0.147. The molecular formula is C31H32F3N3O4. The number of alkyl halides is 3. The van der Waals surface area contributed by atoms with Crippen LogP contribution in [0.2, 0.25) is 0 Å². The van der Waals surface area contributed by atoms with Gasteiger partial charge in [0, 0.05) is 35.9 Å². The first-order valence-electron chi connectivity index (χ1n) is 13.5. The van der Waals surface area contributed by atoms with Gasteiger partial charge in [-0.05, 0) is 80.3 Å². The van der Waals surface area contributed by atoms with Gasteiger partial charge >= 0.3 is 12.1 Å². The van der Waals surface area contributed by atoms with Crippen molar-refractivity contribution in [2.24, 2.45) is 5.92 Å². The Morgan fingerprint density at radius 3 is 2.20 bits per heavy atom. The van der Waals surface area contributed by atoms with E-state index in [1.807, 2.05) is 12.1 Å². The van der Waals surface area contributed by atoms with E-state index in [0.29, 0.717) is 48.3 Å². The number of anilines is 2. The maximum absolute atomic E-state index is 13.1. The summed E-state index contributed by atoms with van der Waals surface area (Å²) in [5.41, 5.74) is 2.15. The van der Waals surface area contributed by atoms with Crippen LogP contribution in [0, 0.1) is 5.92 Å². The van der Waals surface area contributed by atoms with Gasteiger partial charge in [0.1, 0.15) is 6.04 Å². The van der Waals surface area contributed by atoms with E-state index in [0.717, 1.165) is 17.8 Å². The Morgan fingerprint density at radius 1 is 0.951 bits per heavy atom. The Labute approximate surface area is 236 Å². The average Bonchev–Trinajstić information content (AvgIpc) is 2.97. The second-order valence-corrected chi connectivity index (χ2v) is 9.87. The van der Waals surface area contributed by atoms with E-state index in [2.05, 4.69) is 15.5 Å². The smallest absolute Gasteiger partial charge is 0.416 e. The minimum absolute atomic E-state index is 0.153. The first-order chi connectivity index (χ1) is 19.6. The summed E-state index contributed by atoms with van der Waals surface area (Å²) in [5, 5.41) is 5.60. The van der Waals surface area contributed by atoms with Gasteiger partial charge in [0.25, 0.3) is 5.91 Å². The highest BCUT2D eigenvalue weighted by Gasteiger charge is 2.30. The molecule has 1 heterocycles. The SMILES string of the molecule is CCOC(=O)[C@@H](C)NC(=O)C1CCN(c2ccc(NC(=O)c3ccccc3-c3ccc(C(F)(F)F)cc3)cc2)CC1. The maximum Gasteiger partial charge on any atom is 0.416 e. The molecule has 216 valence electrons. The Hall–Kier alpha value is -4.34. The van der Waals surface area contributed by atoms with Gasteiger partial charge in [-0.1, -0.05) is 30.3 Å². The van der Waals surface area contributed by atoms with Gasteiger partial charge < -0.3 is 20.3 Å². The topological polar surface area (TPSA) is 87.7 Å². The van der Waals surface area contributed by atoms with Crippen molar-refractivity contribution in [3.05, 3.63) is 83.9 Å². The zero-order valence-corrected chi connectivity index (χ0v) is 22.8. The second kappa shape index (κ2) is 12.9. The van der Waals surface area contributed by atoms with E-state index in [4.69, 9.17) is 4.74 Å². The van der Waals surface area contributed by atoms with Crippen LogP contribution >= 0.6 is 0 Å². The van der Waals surface area contributed by atoms with Crippen molar-refractivity contribution >= 4 is 29.2 Å². The predicted octanol–water partition coefficient (Wildman–Crippen LogP) is 5.91. The van der Waals surface area contributed by atoms with Crippen LogP contribution in [0.5, 0.6) is 0 Å². The molecule has 0 saturated carbocycles. The second-order valence-electron chi connectivity index (χ2n) is 9.87. The van der Waals surface area contributed by atoms with E-state index < -0.39 is 23.8 Å². The van der Waals surface area contributed by atoms with Crippen LogP contribution < -0.4 is 15.5 Å². The van der Waals surface area contributed by atoms with Gasteiger partial charge in [-0.3, -0.25) is 9.59 Å². The number of carbonyl (C=O) groups excluding carboxylic acids is 3. The molecule has 2 N–H and O–H groups in total. The fourth-order valence-corrected chi connectivity index (χ4v) is 4.78. The number of ether oxygens (including phenoxy) is 1. The van der Waals surface area contributed by atoms with Crippen LogP contribution in [0.3, 0.4) is 0 Å². The Morgan fingerprint density at radius 2 is 1.59 bits per heavy atom. The van der Waals surface area contributed by atoms with E-state index in [-0.39, 0.29) is 24.3 Å². The molecule has 1 fully saturated rings. The summed E-state index contributed by atoms with van der Waals surface area (Å²) in [6, 6.07) is 18.1. The van der Waals surface area contributed by atoms with Gasteiger partial charge in [-0.25, -0.2) is 4.79 Å². The lowest BCUT2D eigenvalue weighted by atomic mass is 9.95. The molecule has 0 aliphatic carbocycles. The lowest BCUT2D eigenvalue weighted by Crippen LogP contribution is -2.46. The molecule has 1 atom stereocenters. The Bertz CT molecular complexity index is 1370. The van der Waals surface area contributed by atoms with Crippen LogP contribution in [0.1, 0.15) is 42.6 Å². The zero-order valence-electron chi connectivity index (χ0n) is 22.8. The van der Waals surface area contributed by atoms with Crippen LogP contribution in [0.4, 0.5) is 24.5 Å². The quantitative estimate of drug-likeness (QED) is 0.331. The van der Waals surface area contributed by atoms with Crippen molar-refractivity contribution in [1.29, 1.82) is 0 Å². The molecule has 1 aliphatic heterocycles. The molecule has 0 aromatic heterocycles. The first kappa shape index (κ1) is 29.6. The lowest BCUT2D eigenvalue weighted by Gasteiger charge is -2.33. The van der Waals surface area contributed by atoms with E-state index in [1.165, 1.54) is 12.1 Å². The average molecular weight is 568 g/mol. The molecule has 0 unspecified atom stereocenters. The van der Waals surface area contributed by atoms with Gasteiger partial charge in [-0.2, -0.15) is 13.2 Å². The third kappa shape index (κ3) is 7.45. The highest BCUT2D eigenvalue weighted by molar-refractivity contribution is 6.08. The molecule has 4 rings (SSSR count). The minimum Gasteiger partial charge on any atom is -0.464 e. The van der Waals surface area contributed by atoms with E-state index in [1.54, 1.807) is 50.2 Å². The molecule has 0 bridgehead atoms. The van der Waals surface area contributed by atoms with Crippen molar-refractivity contribution in [2.45, 2.75) is 38.9 Å². The molecule has 1 aliphatic rings. The molecule has 0 spiro atoms. The standard InChI is InChI=1S/C31H32F3N3O4/c1-3-41-30(40)20(2)35-28(38)22-16-18-37(19-17-22)25-14-12-24(13-15-25)36-29(39)27-7-5-4-6-26(27)21-8-10-23(11-9-21)31(32,33)34/h4-15,20,22H,3,16-19H2,1-2H3,(H,35,38)(H,36,39)/t20-/m1/s1.